The highest BCUT2D eigenvalue weighted by Crippen LogP contribution is 2.36. The third kappa shape index (κ3) is 3.32. The molecule has 0 atom stereocenters. The summed E-state index contributed by atoms with van der Waals surface area (Å²) in [5.41, 5.74) is 1.34. The van der Waals surface area contributed by atoms with Gasteiger partial charge in [-0.1, -0.05) is 42.1 Å². The minimum Gasteiger partial charge on any atom is -0.268 e. The first-order chi connectivity index (χ1) is 15.1. The van der Waals surface area contributed by atoms with Gasteiger partial charge in [-0.25, -0.2) is 9.97 Å². The molecule has 8 heteroatoms. The number of benzene rings is 3. The second kappa shape index (κ2) is 7.66. The zero-order chi connectivity index (χ0) is 21.4. The van der Waals surface area contributed by atoms with Gasteiger partial charge >= 0.3 is 0 Å². The molecule has 0 aliphatic carbocycles. The summed E-state index contributed by atoms with van der Waals surface area (Å²) in [4.78, 5) is 34.0. The van der Waals surface area contributed by atoms with Crippen molar-refractivity contribution in [2.45, 2.75) is 10.1 Å². The predicted octanol–water partition coefficient (Wildman–Crippen LogP) is 4.99. The van der Waals surface area contributed by atoms with Crippen LogP contribution in [0.3, 0.4) is 0 Å². The number of nitro groups is 1. The quantitative estimate of drug-likeness (QED) is 0.228. The first kappa shape index (κ1) is 19.0. The van der Waals surface area contributed by atoms with Gasteiger partial charge in [-0.05, 0) is 42.5 Å². The van der Waals surface area contributed by atoms with Crippen molar-refractivity contribution >= 4 is 39.3 Å². The van der Waals surface area contributed by atoms with Crippen molar-refractivity contribution < 1.29 is 4.92 Å². The van der Waals surface area contributed by atoms with E-state index in [9.17, 15) is 14.9 Å². The number of aromatic nitrogens is 3. The zero-order valence-electron chi connectivity index (χ0n) is 16.0. The summed E-state index contributed by atoms with van der Waals surface area (Å²) in [7, 11) is 0. The summed E-state index contributed by atoms with van der Waals surface area (Å²) >= 11 is 1.28. The highest BCUT2D eigenvalue weighted by Gasteiger charge is 2.19. The summed E-state index contributed by atoms with van der Waals surface area (Å²) in [6, 6.07) is 23.1. The van der Waals surface area contributed by atoms with Crippen LogP contribution >= 0.6 is 11.8 Å². The second-order valence-electron chi connectivity index (χ2n) is 6.73. The van der Waals surface area contributed by atoms with Gasteiger partial charge in [0.05, 0.1) is 21.5 Å². The van der Waals surface area contributed by atoms with Crippen molar-refractivity contribution in [2.24, 2.45) is 0 Å². The Bertz CT molecular complexity index is 1520. The summed E-state index contributed by atoms with van der Waals surface area (Å²) in [6.07, 6.45) is 1.53. The molecule has 3 aromatic carbocycles. The fourth-order valence-electron chi connectivity index (χ4n) is 3.45. The van der Waals surface area contributed by atoms with E-state index in [2.05, 4.69) is 4.98 Å². The van der Waals surface area contributed by atoms with Crippen molar-refractivity contribution in [2.75, 3.05) is 0 Å². The molecule has 0 bridgehead atoms. The molecule has 0 amide bonds. The number of rotatable bonds is 4. The molecule has 0 saturated heterocycles. The van der Waals surface area contributed by atoms with Crippen LogP contribution in [-0.2, 0) is 0 Å². The van der Waals surface area contributed by atoms with Gasteiger partial charge in [0.2, 0.25) is 0 Å². The lowest BCUT2D eigenvalue weighted by molar-refractivity contribution is -0.383. The lowest BCUT2D eigenvalue weighted by Crippen LogP contribution is -2.21. The molecule has 0 saturated carbocycles. The largest absolute Gasteiger partial charge is 0.295 e. The molecule has 150 valence electrons. The summed E-state index contributed by atoms with van der Waals surface area (Å²) in [5, 5.41) is 13.0. The lowest BCUT2D eigenvalue weighted by Gasteiger charge is -2.14. The Balaban J connectivity index is 1.76. The van der Waals surface area contributed by atoms with Crippen molar-refractivity contribution in [1.29, 1.82) is 0 Å². The first-order valence-electron chi connectivity index (χ1n) is 9.41. The number of hydrogen-bond donors (Lipinski definition) is 0. The van der Waals surface area contributed by atoms with E-state index in [1.807, 2.05) is 42.5 Å². The van der Waals surface area contributed by atoms with E-state index in [4.69, 9.17) is 4.98 Å². The van der Waals surface area contributed by atoms with E-state index in [1.54, 1.807) is 34.9 Å². The molecular formula is C23H14N4O3S. The minimum absolute atomic E-state index is 0.0631. The summed E-state index contributed by atoms with van der Waals surface area (Å²) < 4.78 is 1.57. The van der Waals surface area contributed by atoms with Crippen LogP contribution < -0.4 is 5.56 Å². The predicted molar refractivity (Wildman–Crippen MR) is 120 cm³/mol. The van der Waals surface area contributed by atoms with Crippen LogP contribution in [0.1, 0.15) is 0 Å². The maximum absolute atomic E-state index is 13.4. The molecule has 5 aromatic rings. The maximum Gasteiger partial charge on any atom is 0.295 e. The van der Waals surface area contributed by atoms with Crippen molar-refractivity contribution in [3.05, 3.63) is 106 Å². The van der Waals surface area contributed by atoms with E-state index >= 15 is 0 Å². The number of para-hydroxylation sites is 2. The molecule has 7 nitrogen and oxygen atoms in total. The Kier molecular flexibility index (Phi) is 4.68. The van der Waals surface area contributed by atoms with Crippen LogP contribution in [0.5, 0.6) is 0 Å². The molecule has 0 spiro atoms. The Hall–Kier alpha value is -4.04. The monoisotopic (exact) mass is 426 g/mol. The van der Waals surface area contributed by atoms with E-state index < -0.39 is 4.92 Å². The Labute approximate surface area is 180 Å². The third-order valence-electron chi connectivity index (χ3n) is 4.87. The molecular weight excluding hydrogens is 412 g/mol. The van der Waals surface area contributed by atoms with Crippen LogP contribution in [0.25, 0.3) is 27.5 Å². The first-order valence-corrected chi connectivity index (χ1v) is 10.2. The summed E-state index contributed by atoms with van der Waals surface area (Å²) in [6.45, 7) is 0. The van der Waals surface area contributed by atoms with Crippen LogP contribution in [0.4, 0.5) is 5.69 Å². The molecule has 0 fully saturated rings. The van der Waals surface area contributed by atoms with Gasteiger partial charge in [-0.2, -0.15) is 0 Å². The Morgan fingerprint density at radius 3 is 2.42 bits per heavy atom. The van der Waals surface area contributed by atoms with Gasteiger partial charge in [0, 0.05) is 22.5 Å². The van der Waals surface area contributed by atoms with Crippen molar-refractivity contribution in [3.8, 4) is 5.69 Å². The van der Waals surface area contributed by atoms with Crippen LogP contribution in [0.15, 0.2) is 99.9 Å². The topological polar surface area (TPSA) is 90.9 Å². The molecule has 0 unspecified atom stereocenters. The van der Waals surface area contributed by atoms with Gasteiger partial charge in [0.25, 0.3) is 11.2 Å². The molecule has 2 aromatic heterocycles. The summed E-state index contributed by atoms with van der Waals surface area (Å²) in [5.74, 6) is 0. The molecule has 0 aliphatic rings. The maximum atomic E-state index is 13.4. The minimum atomic E-state index is -0.446. The lowest BCUT2D eigenvalue weighted by atomic mass is 10.2. The van der Waals surface area contributed by atoms with Gasteiger partial charge in [0.1, 0.15) is 5.52 Å². The van der Waals surface area contributed by atoms with Gasteiger partial charge < -0.3 is 0 Å². The van der Waals surface area contributed by atoms with Crippen molar-refractivity contribution in [3.63, 3.8) is 0 Å². The molecule has 0 radical (unpaired) electrons. The number of non-ortho nitro benzene ring substituents is 1. The third-order valence-corrected chi connectivity index (χ3v) is 5.90. The number of pyridine rings is 1. The van der Waals surface area contributed by atoms with Crippen LogP contribution in [-0.4, -0.2) is 19.5 Å². The molecule has 2 heterocycles. The average Bonchev–Trinajstić information content (AvgIpc) is 2.80. The average molecular weight is 426 g/mol. The Morgan fingerprint density at radius 1 is 0.871 bits per heavy atom. The Morgan fingerprint density at radius 2 is 1.61 bits per heavy atom. The highest BCUT2D eigenvalue weighted by atomic mass is 32.2. The van der Waals surface area contributed by atoms with E-state index in [1.165, 1.54) is 24.0 Å². The van der Waals surface area contributed by atoms with E-state index in [0.717, 1.165) is 4.90 Å². The smallest absolute Gasteiger partial charge is 0.268 e. The van der Waals surface area contributed by atoms with Gasteiger partial charge in [0.15, 0.2) is 5.16 Å². The normalized spacial score (nSPS) is 11.1. The number of nitro benzene ring substituents is 1. The van der Waals surface area contributed by atoms with Crippen molar-refractivity contribution in [1.82, 2.24) is 14.5 Å². The van der Waals surface area contributed by atoms with Gasteiger partial charge in [-0.15, -0.1) is 0 Å². The van der Waals surface area contributed by atoms with Gasteiger partial charge in [-0.3, -0.25) is 19.5 Å². The second-order valence-corrected chi connectivity index (χ2v) is 7.74. The number of fused-ring (bicyclic) bond motifs is 2. The molecule has 5 rings (SSSR count). The van der Waals surface area contributed by atoms with E-state index in [0.29, 0.717) is 32.6 Å². The molecule has 0 N–H and O–H groups in total. The SMILES string of the molecule is O=c1c2ccccc2nc(Sc2ccc([N+](=O)[O-])c3ncccc23)n1-c1ccccc1. The number of nitrogens with zero attached hydrogens (tertiary/aromatic N) is 4. The molecule has 0 aliphatic heterocycles. The van der Waals surface area contributed by atoms with Crippen LogP contribution in [0.2, 0.25) is 0 Å². The molecule has 31 heavy (non-hydrogen) atoms. The number of hydrogen-bond acceptors (Lipinski definition) is 6. The standard InChI is InChI=1S/C23H14N4O3S/c28-22-16-9-4-5-11-18(16)25-23(26(22)15-7-2-1-3-8-15)31-20-13-12-19(27(29)30)21-17(20)10-6-14-24-21/h1-14H. The highest BCUT2D eigenvalue weighted by molar-refractivity contribution is 7.99. The van der Waals surface area contributed by atoms with E-state index in [-0.39, 0.29) is 11.2 Å². The fourth-order valence-corrected chi connectivity index (χ4v) is 4.48. The zero-order valence-corrected chi connectivity index (χ0v) is 16.8. The van der Waals surface area contributed by atoms with Crippen LogP contribution in [0, 0.1) is 10.1 Å². The fraction of sp³-hybridized carbons (Fsp3) is 0.